The van der Waals surface area contributed by atoms with Crippen molar-refractivity contribution in [3.63, 3.8) is 0 Å². The van der Waals surface area contributed by atoms with Crippen molar-refractivity contribution in [1.82, 2.24) is 4.98 Å². The molecule has 6 heteroatoms. The first-order valence-corrected chi connectivity index (χ1v) is 9.65. The third-order valence-corrected chi connectivity index (χ3v) is 5.78. The van der Waals surface area contributed by atoms with Gasteiger partial charge in [-0.3, -0.25) is 10.1 Å². The summed E-state index contributed by atoms with van der Waals surface area (Å²) in [5.74, 6) is -0.149. The number of rotatable bonds is 4. The minimum atomic E-state index is -0.149. The van der Waals surface area contributed by atoms with Crippen molar-refractivity contribution in [3.8, 4) is 0 Å². The molecule has 3 aromatic rings. The maximum Gasteiger partial charge on any atom is 0.257 e. The lowest BCUT2D eigenvalue weighted by Gasteiger charge is -2.07. The van der Waals surface area contributed by atoms with Crippen LogP contribution >= 0.6 is 34.7 Å². The molecule has 3 nitrogen and oxygen atoms in total. The Kier molecular flexibility index (Phi) is 5.13. The number of carbonyl (C=O) groups excluding carboxylic acids is 1. The highest BCUT2D eigenvalue weighted by molar-refractivity contribution is 7.99. The van der Waals surface area contributed by atoms with E-state index in [1.165, 1.54) is 11.3 Å². The molecule has 0 fully saturated rings. The summed E-state index contributed by atoms with van der Waals surface area (Å²) in [7, 11) is 0. The maximum atomic E-state index is 12.5. The number of carbonyl (C=O) groups is 1. The molecule has 0 aliphatic carbocycles. The van der Waals surface area contributed by atoms with E-state index >= 15 is 0 Å². The molecule has 0 unspecified atom stereocenters. The first-order valence-electron chi connectivity index (χ1n) is 7.58. The molecule has 0 spiro atoms. The molecule has 0 atom stereocenters. The fraction of sp³-hybridized carbons (Fsp3) is 0.222. The van der Waals surface area contributed by atoms with Crippen LogP contribution in [0.2, 0.25) is 5.02 Å². The van der Waals surface area contributed by atoms with Crippen LogP contribution in [0.1, 0.15) is 29.8 Å². The Labute approximate surface area is 154 Å². The fourth-order valence-corrected chi connectivity index (χ4v) is 4.28. The zero-order chi connectivity index (χ0) is 17.3. The van der Waals surface area contributed by atoms with Crippen LogP contribution in [0.25, 0.3) is 10.2 Å². The third-order valence-electron chi connectivity index (χ3n) is 3.44. The van der Waals surface area contributed by atoms with Gasteiger partial charge in [-0.2, -0.15) is 0 Å². The number of anilines is 1. The van der Waals surface area contributed by atoms with Crippen LogP contribution in [0.15, 0.2) is 41.3 Å². The molecule has 124 valence electrons. The lowest BCUT2D eigenvalue weighted by atomic mass is 10.2. The predicted molar refractivity (Wildman–Crippen MR) is 105 cm³/mol. The molecule has 0 saturated heterocycles. The Morgan fingerprint density at radius 2 is 2.08 bits per heavy atom. The van der Waals surface area contributed by atoms with Gasteiger partial charge < -0.3 is 0 Å². The highest BCUT2D eigenvalue weighted by atomic mass is 35.5. The molecule has 0 radical (unpaired) electrons. The number of halogens is 1. The summed E-state index contributed by atoms with van der Waals surface area (Å²) < 4.78 is 1.01. The minimum absolute atomic E-state index is 0.149. The van der Waals surface area contributed by atoms with E-state index < -0.39 is 0 Å². The number of amides is 1. The van der Waals surface area contributed by atoms with Gasteiger partial charge in [0, 0.05) is 20.7 Å². The number of benzene rings is 2. The van der Waals surface area contributed by atoms with Gasteiger partial charge in [-0.25, -0.2) is 4.98 Å². The van der Waals surface area contributed by atoms with E-state index in [1.807, 2.05) is 43.3 Å². The van der Waals surface area contributed by atoms with Gasteiger partial charge in [-0.15, -0.1) is 11.8 Å². The second kappa shape index (κ2) is 7.13. The second-order valence-corrected chi connectivity index (χ2v) is 8.77. The predicted octanol–water partition coefficient (Wildman–Crippen LogP) is 6.01. The van der Waals surface area contributed by atoms with Gasteiger partial charge in [-0.05, 0) is 42.8 Å². The molecule has 2 aromatic carbocycles. The number of thioether (sulfide) groups is 1. The highest BCUT2D eigenvalue weighted by Gasteiger charge is 2.13. The SMILES string of the molecule is Cc1c(Cl)ccc2sc(NC(=O)c3cccc(SC(C)C)c3)nc12. The Balaban J connectivity index is 1.83. The van der Waals surface area contributed by atoms with Crippen LogP contribution in [-0.4, -0.2) is 16.1 Å². The molecular weight excluding hydrogens is 360 g/mol. The number of hydrogen-bond donors (Lipinski definition) is 1. The number of nitrogens with one attached hydrogen (secondary N) is 1. The molecule has 0 saturated carbocycles. The molecule has 1 N–H and O–H groups in total. The minimum Gasteiger partial charge on any atom is -0.298 e. The standard InChI is InChI=1S/C18H17ClN2OS2/c1-10(2)23-13-6-4-5-12(9-13)17(22)21-18-20-16-11(3)14(19)7-8-15(16)24-18/h4-10H,1-3H3,(H,20,21,22). The van der Waals surface area contributed by atoms with Crippen LogP contribution in [0.3, 0.4) is 0 Å². The number of fused-ring (bicyclic) bond motifs is 1. The molecule has 1 heterocycles. The smallest absolute Gasteiger partial charge is 0.257 e. The van der Waals surface area contributed by atoms with E-state index in [0.29, 0.717) is 21.0 Å². The molecule has 3 rings (SSSR count). The molecule has 0 aliphatic heterocycles. The summed E-state index contributed by atoms with van der Waals surface area (Å²) in [5.41, 5.74) is 2.41. The van der Waals surface area contributed by atoms with Crippen LogP contribution in [0, 0.1) is 6.92 Å². The van der Waals surface area contributed by atoms with Crippen molar-refractivity contribution in [1.29, 1.82) is 0 Å². The van der Waals surface area contributed by atoms with E-state index in [9.17, 15) is 4.79 Å². The Morgan fingerprint density at radius 1 is 1.29 bits per heavy atom. The van der Waals surface area contributed by atoms with Gasteiger partial charge in [0.1, 0.15) is 0 Å². The number of aryl methyl sites for hydroxylation is 1. The van der Waals surface area contributed by atoms with Gasteiger partial charge >= 0.3 is 0 Å². The van der Waals surface area contributed by atoms with Crippen molar-refractivity contribution in [2.24, 2.45) is 0 Å². The van der Waals surface area contributed by atoms with Crippen LogP contribution in [0.5, 0.6) is 0 Å². The first-order chi connectivity index (χ1) is 11.4. The molecule has 1 aromatic heterocycles. The summed E-state index contributed by atoms with van der Waals surface area (Å²) in [6.07, 6.45) is 0. The van der Waals surface area contributed by atoms with E-state index in [-0.39, 0.29) is 5.91 Å². The number of hydrogen-bond acceptors (Lipinski definition) is 4. The Hall–Kier alpha value is -1.56. The van der Waals surface area contributed by atoms with Crippen molar-refractivity contribution < 1.29 is 4.79 Å². The monoisotopic (exact) mass is 376 g/mol. The van der Waals surface area contributed by atoms with Gasteiger partial charge in [0.15, 0.2) is 5.13 Å². The van der Waals surface area contributed by atoms with Crippen LogP contribution < -0.4 is 5.32 Å². The summed E-state index contributed by atoms with van der Waals surface area (Å²) in [4.78, 5) is 18.1. The van der Waals surface area contributed by atoms with Gasteiger partial charge in [0.05, 0.1) is 10.2 Å². The second-order valence-electron chi connectivity index (χ2n) is 5.69. The topological polar surface area (TPSA) is 42.0 Å². The van der Waals surface area contributed by atoms with Crippen LogP contribution in [0.4, 0.5) is 5.13 Å². The summed E-state index contributed by atoms with van der Waals surface area (Å²) in [5, 5.41) is 4.63. The van der Waals surface area contributed by atoms with E-state index in [0.717, 1.165) is 20.7 Å². The van der Waals surface area contributed by atoms with Crippen molar-refractivity contribution in [3.05, 3.63) is 52.5 Å². The zero-order valence-corrected chi connectivity index (χ0v) is 16.0. The van der Waals surface area contributed by atoms with E-state index in [4.69, 9.17) is 11.6 Å². The number of aromatic nitrogens is 1. The maximum absolute atomic E-state index is 12.5. The molecule has 1 amide bonds. The number of thiazole rings is 1. The highest BCUT2D eigenvalue weighted by Crippen LogP contribution is 2.32. The molecule has 24 heavy (non-hydrogen) atoms. The van der Waals surface area contributed by atoms with Crippen molar-refractivity contribution in [2.75, 3.05) is 5.32 Å². The van der Waals surface area contributed by atoms with Gasteiger partial charge in [-0.1, -0.05) is 42.9 Å². The number of nitrogens with zero attached hydrogens (tertiary/aromatic N) is 1. The van der Waals surface area contributed by atoms with Crippen LogP contribution in [-0.2, 0) is 0 Å². The average molecular weight is 377 g/mol. The van der Waals surface area contributed by atoms with Gasteiger partial charge in [0.2, 0.25) is 0 Å². The van der Waals surface area contributed by atoms with Gasteiger partial charge in [0.25, 0.3) is 5.91 Å². The zero-order valence-electron chi connectivity index (χ0n) is 13.6. The lowest BCUT2D eigenvalue weighted by molar-refractivity contribution is 0.102. The van der Waals surface area contributed by atoms with E-state index in [2.05, 4.69) is 24.1 Å². The summed E-state index contributed by atoms with van der Waals surface area (Å²) >= 11 is 9.32. The lowest BCUT2D eigenvalue weighted by Crippen LogP contribution is -2.11. The normalized spacial score (nSPS) is 11.2. The average Bonchev–Trinajstić information content (AvgIpc) is 2.94. The summed E-state index contributed by atoms with van der Waals surface area (Å²) in [6.45, 7) is 6.20. The Bertz CT molecular complexity index is 905. The first kappa shape index (κ1) is 17.3. The molecule has 0 aliphatic rings. The van der Waals surface area contributed by atoms with Crippen molar-refractivity contribution in [2.45, 2.75) is 30.9 Å². The summed E-state index contributed by atoms with van der Waals surface area (Å²) in [6, 6.07) is 11.4. The Morgan fingerprint density at radius 3 is 2.83 bits per heavy atom. The fourth-order valence-electron chi connectivity index (χ4n) is 2.31. The largest absolute Gasteiger partial charge is 0.298 e. The molecular formula is C18H17ClN2OS2. The quantitative estimate of drug-likeness (QED) is 0.567. The third kappa shape index (κ3) is 3.74. The van der Waals surface area contributed by atoms with E-state index in [1.54, 1.807) is 11.8 Å². The van der Waals surface area contributed by atoms with Crippen molar-refractivity contribution >= 4 is 56.0 Å². The molecule has 0 bridgehead atoms.